The van der Waals surface area contributed by atoms with Crippen LogP contribution in [0.25, 0.3) is 0 Å². The van der Waals surface area contributed by atoms with Gasteiger partial charge in [-0.15, -0.1) is 0 Å². The normalized spacial score (nSPS) is 17.9. The van der Waals surface area contributed by atoms with Crippen LogP contribution in [0.15, 0.2) is 41.5 Å². The maximum atomic E-state index is 12.5. The molecule has 0 aromatic heterocycles. The van der Waals surface area contributed by atoms with Gasteiger partial charge in [-0.2, -0.15) is 0 Å². The summed E-state index contributed by atoms with van der Waals surface area (Å²) in [6, 6.07) is 9.97. The van der Waals surface area contributed by atoms with E-state index >= 15 is 0 Å². The number of methoxy groups -OCH3 is 3. The van der Waals surface area contributed by atoms with Crippen LogP contribution in [0.2, 0.25) is 0 Å². The van der Waals surface area contributed by atoms with Crippen LogP contribution in [0.5, 0.6) is 17.2 Å². The quantitative estimate of drug-likeness (QED) is 0.775. The molecule has 0 saturated heterocycles. The number of benzene rings is 2. The second kappa shape index (κ2) is 6.65. The van der Waals surface area contributed by atoms with E-state index in [4.69, 9.17) is 18.9 Å². The van der Waals surface area contributed by atoms with Crippen LogP contribution in [-0.2, 0) is 16.0 Å². The van der Waals surface area contributed by atoms with Crippen molar-refractivity contribution in [3.8, 4) is 17.2 Å². The lowest BCUT2D eigenvalue weighted by molar-refractivity contribution is -0.136. The first kappa shape index (κ1) is 17.5. The zero-order valence-electron chi connectivity index (χ0n) is 15.9. The Morgan fingerprint density at radius 3 is 2.41 bits per heavy atom. The van der Waals surface area contributed by atoms with Gasteiger partial charge in [0, 0.05) is 5.92 Å². The zero-order chi connectivity index (χ0) is 19.1. The fraction of sp³-hybridized carbons (Fsp3) is 0.318. The van der Waals surface area contributed by atoms with E-state index in [0.29, 0.717) is 18.1 Å². The van der Waals surface area contributed by atoms with E-state index in [1.165, 1.54) is 5.56 Å². The van der Waals surface area contributed by atoms with E-state index in [0.717, 1.165) is 40.0 Å². The van der Waals surface area contributed by atoms with Crippen LogP contribution in [-0.4, -0.2) is 33.9 Å². The maximum absolute atomic E-state index is 12.5. The summed E-state index contributed by atoms with van der Waals surface area (Å²) in [7, 11) is 4.88. The summed E-state index contributed by atoms with van der Waals surface area (Å²) in [6.07, 6.45) is 0.727. The van der Waals surface area contributed by atoms with Crippen LogP contribution in [0.3, 0.4) is 0 Å². The minimum atomic E-state index is -0.241. The third kappa shape index (κ3) is 2.74. The van der Waals surface area contributed by atoms with Crippen molar-refractivity contribution in [1.82, 2.24) is 0 Å². The number of ether oxygens (including phenoxy) is 4. The van der Waals surface area contributed by atoms with Crippen LogP contribution < -0.4 is 14.2 Å². The molecule has 5 heteroatoms. The van der Waals surface area contributed by atoms with Gasteiger partial charge in [0.15, 0.2) is 11.5 Å². The second-order valence-corrected chi connectivity index (χ2v) is 6.84. The highest BCUT2D eigenvalue weighted by molar-refractivity contribution is 5.95. The number of hydrogen-bond donors (Lipinski definition) is 0. The van der Waals surface area contributed by atoms with Crippen molar-refractivity contribution < 1.29 is 23.7 Å². The molecular formula is C22H22O5. The monoisotopic (exact) mass is 366 g/mol. The Morgan fingerprint density at radius 1 is 0.963 bits per heavy atom. The Morgan fingerprint density at radius 2 is 1.70 bits per heavy atom. The van der Waals surface area contributed by atoms with Crippen molar-refractivity contribution in [1.29, 1.82) is 0 Å². The fourth-order valence-electron chi connectivity index (χ4n) is 4.09. The number of cyclic esters (lactones) is 1. The van der Waals surface area contributed by atoms with E-state index < -0.39 is 0 Å². The molecule has 1 atom stereocenters. The number of hydrogen-bond acceptors (Lipinski definition) is 5. The van der Waals surface area contributed by atoms with E-state index in [9.17, 15) is 4.79 Å². The van der Waals surface area contributed by atoms with E-state index in [1.54, 1.807) is 21.3 Å². The van der Waals surface area contributed by atoms with Crippen molar-refractivity contribution in [3.63, 3.8) is 0 Å². The summed E-state index contributed by atoms with van der Waals surface area (Å²) < 4.78 is 21.7. The summed E-state index contributed by atoms with van der Waals surface area (Å²) in [6.45, 7) is 2.40. The average molecular weight is 366 g/mol. The molecule has 0 N–H and O–H groups in total. The largest absolute Gasteiger partial charge is 0.496 e. The molecule has 2 aromatic carbocycles. The molecule has 1 heterocycles. The summed E-state index contributed by atoms with van der Waals surface area (Å²) in [4.78, 5) is 12.5. The molecular weight excluding hydrogens is 344 g/mol. The highest BCUT2D eigenvalue weighted by Gasteiger charge is 2.38. The SMILES string of the molecule is COc1cc2c(cc1C)CC1=C(C(=O)OC1)[C@@H]2c1ccc(OC)c(OC)c1. The summed E-state index contributed by atoms with van der Waals surface area (Å²) in [5.74, 6) is 1.65. The first-order chi connectivity index (χ1) is 13.1. The molecule has 0 saturated carbocycles. The van der Waals surface area contributed by atoms with E-state index in [1.807, 2.05) is 31.2 Å². The molecule has 0 amide bonds. The highest BCUT2D eigenvalue weighted by Crippen LogP contribution is 2.46. The summed E-state index contributed by atoms with van der Waals surface area (Å²) >= 11 is 0. The molecule has 0 bridgehead atoms. The predicted molar refractivity (Wildman–Crippen MR) is 101 cm³/mol. The molecule has 1 aliphatic carbocycles. The van der Waals surface area contributed by atoms with Gasteiger partial charge in [-0.05, 0) is 59.4 Å². The minimum absolute atomic E-state index is 0.215. The van der Waals surface area contributed by atoms with Crippen molar-refractivity contribution in [3.05, 3.63) is 63.7 Å². The topological polar surface area (TPSA) is 54.0 Å². The Kier molecular flexibility index (Phi) is 4.30. The Bertz CT molecular complexity index is 957. The molecule has 4 rings (SSSR count). The molecule has 27 heavy (non-hydrogen) atoms. The summed E-state index contributed by atoms with van der Waals surface area (Å²) in [5.41, 5.74) is 6.10. The van der Waals surface area contributed by atoms with Crippen molar-refractivity contribution in [2.24, 2.45) is 0 Å². The molecule has 0 fully saturated rings. The Balaban J connectivity index is 1.93. The van der Waals surface area contributed by atoms with Gasteiger partial charge in [-0.1, -0.05) is 12.1 Å². The molecule has 2 aromatic rings. The third-order valence-electron chi connectivity index (χ3n) is 5.38. The number of carbonyl (C=O) groups excluding carboxylic acids is 1. The van der Waals surface area contributed by atoms with E-state index in [2.05, 4.69) is 6.07 Å². The summed E-state index contributed by atoms with van der Waals surface area (Å²) in [5, 5.41) is 0. The lowest BCUT2D eigenvalue weighted by Gasteiger charge is -2.28. The minimum Gasteiger partial charge on any atom is -0.496 e. The fourth-order valence-corrected chi connectivity index (χ4v) is 4.09. The number of carbonyl (C=O) groups is 1. The molecule has 0 unspecified atom stereocenters. The highest BCUT2D eigenvalue weighted by atomic mass is 16.5. The molecule has 0 spiro atoms. The predicted octanol–water partition coefficient (Wildman–Crippen LogP) is 3.56. The van der Waals surface area contributed by atoms with Crippen molar-refractivity contribution in [2.75, 3.05) is 27.9 Å². The van der Waals surface area contributed by atoms with Gasteiger partial charge in [-0.25, -0.2) is 4.79 Å². The van der Waals surface area contributed by atoms with Gasteiger partial charge < -0.3 is 18.9 Å². The van der Waals surface area contributed by atoms with Gasteiger partial charge in [-0.3, -0.25) is 0 Å². The van der Waals surface area contributed by atoms with Gasteiger partial charge in [0.05, 0.1) is 26.9 Å². The lowest BCUT2D eigenvalue weighted by Crippen LogP contribution is -2.18. The van der Waals surface area contributed by atoms with Gasteiger partial charge in [0.25, 0.3) is 0 Å². The Labute approximate surface area is 158 Å². The first-order valence-corrected chi connectivity index (χ1v) is 8.85. The zero-order valence-corrected chi connectivity index (χ0v) is 15.9. The molecule has 2 aliphatic rings. The molecule has 140 valence electrons. The lowest BCUT2D eigenvalue weighted by atomic mass is 9.75. The number of fused-ring (bicyclic) bond motifs is 1. The third-order valence-corrected chi connectivity index (χ3v) is 5.38. The molecule has 1 aliphatic heterocycles. The van der Waals surface area contributed by atoms with E-state index in [-0.39, 0.29) is 11.9 Å². The average Bonchev–Trinajstić information content (AvgIpc) is 3.05. The smallest absolute Gasteiger partial charge is 0.335 e. The number of esters is 1. The van der Waals surface area contributed by atoms with Crippen LogP contribution in [0, 0.1) is 6.92 Å². The standard InChI is InChI=1S/C22H22O5/c1-12-7-14-8-15-11-27-22(23)21(15)20(16(14)10-18(12)25-3)13-5-6-17(24-2)19(9-13)26-4/h5-7,9-10,20H,8,11H2,1-4H3/t20-/m1/s1. The molecule has 5 nitrogen and oxygen atoms in total. The van der Waals surface area contributed by atoms with Crippen LogP contribution in [0.1, 0.15) is 28.2 Å². The van der Waals surface area contributed by atoms with Gasteiger partial charge >= 0.3 is 5.97 Å². The van der Waals surface area contributed by atoms with Crippen LogP contribution >= 0.6 is 0 Å². The van der Waals surface area contributed by atoms with Crippen LogP contribution in [0.4, 0.5) is 0 Å². The molecule has 0 radical (unpaired) electrons. The number of aryl methyl sites for hydroxylation is 1. The maximum Gasteiger partial charge on any atom is 0.335 e. The van der Waals surface area contributed by atoms with Gasteiger partial charge in [0.1, 0.15) is 12.4 Å². The second-order valence-electron chi connectivity index (χ2n) is 6.84. The van der Waals surface area contributed by atoms with Gasteiger partial charge in [0.2, 0.25) is 0 Å². The Hall–Kier alpha value is -2.95. The first-order valence-electron chi connectivity index (χ1n) is 8.85. The number of rotatable bonds is 4. The van der Waals surface area contributed by atoms with Crippen molar-refractivity contribution in [2.45, 2.75) is 19.3 Å². The van der Waals surface area contributed by atoms with Crippen molar-refractivity contribution >= 4 is 5.97 Å².